The van der Waals surface area contributed by atoms with E-state index in [0.29, 0.717) is 12.4 Å². The molecule has 1 aromatic heterocycles. The Morgan fingerprint density at radius 3 is 2.73 bits per heavy atom. The zero-order valence-electron chi connectivity index (χ0n) is 8.80. The molecule has 0 unspecified atom stereocenters. The Balaban J connectivity index is 2.79. The quantitative estimate of drug-likeness (QED) is 0.430. The third-order valence-corrected chi connectivity index (χ3v) is 1.84. The molecule has 1 rings (SSSR count). The number of anilines is 1. The summed E-state index contributed by atoms with van der Waals surface area (Å²) in [6.45, 7) is 6.39. The van der Waals surface area contributed by atoms with Gasteiger partial charge in [-0.2, -0.15) is 0 Å². The highest BCUT2D eigenvalue weighted by atomic mass is 16.6. The molecule has 1 heterocycles. The molecule has 0 aliphatic carbocycles. The van der Waals surface area contributed by atoms with Gasteiger partial charge in [-0.05, 0) is 13.0 Å². The van der Waals surface area contributed by atoms with Gasteiger partial charge in [-0.1, -0.05) is 12.2 Å². The van der Waals surface area contributed by atoms with Gasteiger partial charge in [0.15, 0.2) is 0 Å². The number of nitro groups is 1. The highest BCUT2D eigenvalue weighted by Crippen LogP contribution is 2.14. The standard InChI is InChI=1S/C10H13N3O2/c1-8(2)7-12(3)10-5-4-9(6-11-10)13(14)15/h4-6H,1,7H2,2-3H3. The third-order valence-electron chi connectivity index (χ3n) is 1.84. The monoisotopic (exact) mass is 207 g/mol. The molecular weight excluding hydrogens is 194 g/mol. The normalized spacial score (nSPS) is 9.73. The van der Waals surface area contributed by atoms with Crippen LogP contribution in [-0.4, -0.2) is 23.5 Å². The summed E-state index contributed by atoms with van der Waals surface area (Å²) in [5.74, 6) is 0.698. The summed E-state index contributed by atoms with van der Waals surface area (Å²) in [6.07, 6.45) is 1.25. The summed E-state index contributed by atoms with van der Waals surface area (Å²) in [5.41, 5.74) is 1.01. The SMILES string of the molecule is C=C(C)CN(C)c1ccc([N+](=O)[O-])cn1. The van der Waals surface area contributed by atoms with Crippen LogP contribution in [0.4, 0.5) is 11.5 Å². The van der Waals surface area contributed by atoms with Crippen LogP contribution in [0.25, 0.3) is 0 Å². The van der Waals surface area contributed by atoms with Gasteiger partial charge in [-0.25, -0.2) is 4.98 Å². The topological polar surface area (TPSA) is 59.3 Å². The second-order valence-electron chi connectivity index (χ2n) is 3.44. The molecule has 0 spiro atoms. The Bertz CT molecular complexity index is 373. The molecule has 0 atom stereocenters. The van der Waals surface area contributed by atoms with Gasteiger partial charge in [0.25, 0.3) is 5.69 Å². The average molecular weight is 207 g/mol. The van der Waals surface area contributed by atoms with Crippen molar-refractivity contribution < 1.29 is 4.92 Å². The molecule has 0 fully saturated rings. The summed E-state index contributed by atoms with van der Waals surface area (Å²) in [4.78, 5) is 15.8. The van der Waals surface area contributed by atoms with Crippen molar-refractivity contribution in [2.24, 2.45) is 0 Å². The van der Waals surface area contributed by atoms with Crippen molar-refractivity contribution in [3.63, 3.8) is 0 Å². The van der Waals surface area contributed by atoms with Gasteiger partial charge < -0.3 is 4.90 Å². The molecule has 0 aromatic carbocycles. The van der Waals surface area contributed by atoms with Crippen LogP contribution >= 0.6 is 0 Å². The second kappa shape index (κ2) is 4.54. The van der Waals surface area contributed by atoms with Gasteiger partial charge in [0.05, 0.1) is 4.92 Å². The Labute approximate surface area is 88.2 Å². The van der Waals surface area contributed by atoms with E-state index in [-0.39, 0.29) is 5.69 Å². The van der Waals surface area contributed by atoms with Crippen molar-refractivity contribution in [1.29, 1.82) is 0 Å². The fourth-order valence-corrected chi connectivity index (χ4v) is 1.20. The molecule has 0 N–H and O–H groups in total. The molecule has 0 aliphatic rings. The average Bonchev–Trinajstić information content (AvgIpc) is 2.17. The van der Waals surface area contributed by atoms with Crippen molar-refractivity contribution in [3.8, 4) is 0 Å². The summed E-state index contributed by atoms with van der Waals surface area (Å²) >= 11 is 0. The fraction of sp³-hybridized carbons (Fsp3) is 0.300. The maximum absolute atomic E-state index is 10.4. The number of hydrogen-bond acceptors (Lipinski definition) is 4. The minimum atomic E-state index is -0.463. The second-order valence-corrected chi connectivity index (χ2v) is 3.44. The third kappa shape index (κ3) is 3.05. The maximum Gasteiger partial charge on any atom is 0.287 e. The zero-order chi connectivity index (χ0) is 11.4. The first-order valence-corrected chi connectivity index (χ1v) is 4.46. The highest BCUT2D eigenvalue weighted by molar-refractivity contribution is 5.43. The van der Waals surface area contributed by atoms with E-state index in [9.17, 15) is 10.1 Å². The van der Waals surface area contributed by atoms with Crippen molar-refractivity contribution in [1.82, 2.24) is 4.98 Å². The Kier molecular flexibility index (Phi) is 3.38. The minimum absolute atomic E-state index is 0.00229. The van der Waals surface area contributed by atoms with Gasteiger partial charge >= 0.3 is 0 Å². The summed E-state index contributed by atoms with van der Waals surface area (Å²) in [7, 11) is 1.86. The predicted octanol–water partition coefficient (Wildman–Crippen LogP) is 2.00. The van der Waals surface area contributed by atoms with E-state index in [1.807, 2.05) is 18.9 Å². The minimum Gasteiger partial charge on any atom is -0.356 e. The predicted molar refractivity (Wildman–Crippen MR) is 59.0 cm³/mol. The number of rotatable bonds is 4. The Hall–Kier alpha value is -1.91. The van der Waals surface area contributed by atoms with Crippen LogP contribution in [0.5, 0.6) is 0 Å². The van der Waals surface area contributed by atoms with Gasteiger partial charge in [0, 0.05) is 19.7 Å². The largest absolute Gasteiger partial charge is 0.356 e. The van der Waals surface area contributed by atoms with Crippen molar-refractivity contribution in [2.75, 3.05) is 18.5 Å². The van der Waals surface area contributed by atoms with Crippen LogP contribution in [0.3, 0.4) is 0 Å². The molecule has 0 radical (unpaired) electrons. The Morgan fingerprint density at radius 2 is 2.33 bits per heavy atom. The van der Waals surface area contributed by atoms with Crippen molar-refractivity contribution in [3.05, 3.63) is 40.6 Å². The van der Waals surface area contributed by atoms with Crippen molar-refractivity contribution >= 4 is 11.5 Å². The zero-order valence-corrected chi connectivity index (χ0v) is 8.80. The molecule has 0 aliphatic heterocycles. The van der Waals surface area contributed by atoms with Crippen LogP contribution in [-0.2, 0) is 0 Å². The van der Waals surface area contributed by atoms with Crippen LogP contribution in [0, 0.1) is 10.1 Å². The maximum atomic E-state index is 10.4. The number of likely N-dealkylation sites (N-methyl/N-ethyl adjacent to an activating group) is 1. The molecule has 15 heavy (non-hydrogen) atoms. The molecule has 5 heteroatoms. The summed E-state index contributed by atoms with van der Waals surface area (Å²) in [5, 5.41) is 10.4. The molecule has 0 saturated heterocycles. The lowest BCUT2D eigenvalue weighted by atomic mass is 10.3. The molecule has 0 saturated carbocycles. The summed E-state index contributed by atoms with van der Waals surface area (Å²) < 4.78 is 0. The first-order valence-electron chi connectivity index (χ1n) is 4.46. The van der Waals surface area contributed by atoms with Gasteiger partial charge in [0.1, 0.15) is 12.0 Å². The first kappa shape index (κ1) is 11.2. The van der Waals surface area contributed by atoms with E-state index in [1.54, 1.807) is 6.07 Å². The molecule has 80 valence electrons. The first-order chi connectivity index (χ1) is 7.00. The number of nitrogens with zero attached hydrogens (tertiary/aromatic N) is 3. The lowest BCUT2D eigenvalue weighted by molar-refractivity contribution is -0.385. The number of aromatic nitrogens is 1. The fourth-order valence-electron chi connectivity index (χ4n) is 1.20. The van der Waals surface area contributed by atoms with E-state index >= 15 is 0 Å². The van der Waals surface area contributed by atoms with Crippen molar-refractivity contribution in [2.45, 2.75) is 6.92 Å². The van der Waals surface area contributed by atoms with E-state index in [4.69, 9.17) is 0 Å². The van der Waals surface area contributed by atoms with E-state index in [0.717, 1.165) is 5.57 Å². The molecule has 0 amide bonds. The van der Waals surface area contributed by atoms with Crippen LogP contribution < -0.4 is 4.90 Å². The molecular formula is C10H13N3O2. The van der Waals surface area contributed by atoms with Crippen LogP contribution in [0.2, 0.25) is 0 Å². The molecule has 0 bridgehead atoms. The summed E-state index contributed by atoms with van der Waals surface area (Å²) in [6, 6.07) is 3.07. The Morgan fingerprint density at radius 1 is 1.67 bits per heavy atom. The van der Waals surface area contributed by atoms with Crippen LogP contribution in [0.15, 0.2) is 30.5 Å². The number of pyridine rings is 1. The van der Waals surface area contributed by atoms with E-state index < -0.39 is 4.92 Å². The van der Waals surface area contributed by atoms with E-state index in [1.165, 1.54) is 12.3 Å². The highest BCUT2D eigenvalue weighted by Gasteiger charge is 2.07. The van der Waals surface area contributed by atoms with Gasteiger partial charge in [-0.3, -0.25) is 10.1 Å². The van der Waals surface area contributed by atoms with Crippen LogP contribution in [0.1, 0.15) is 6.92 Å². The van der Waals surface area contributed by atoms with Gasteiger partial charge in [0.2, 0.25) is 0 Å². The van der Waals surface area contributed by atoms with Gasteiger partial charge in [-0.15, -0.1) is 0 Å². The smallest absolute Gasteiger partial charge is 0.287 e. The lowest BCUT2D eigenvalue weighted by Gasteiger charge is -2.17. The molecule has 1 aromatic rings. The lowest BCUT2D eigenvalue weighted by Crippen LogP contribution is -2.19. The number of hydrogen-bond donors (Lipinski definition) is 0. The molecule has 5 nitrogen and oxygen atoms in total. The van der Waals surface area contributed by atoms with E-state index in [2.05, 4.69) is 11.6 Å².